The highest BCUT2D eigenvalue weighted by molar-refractivity contribution is 7.89. The van der Waals surface area contributed by atoms with Crippen LogP contribution in [0, 0.1) is 5.92 Å². The van der Waals surface area contributed by atoms with Gasteiger partial charge in [0, 0.05) is 45.1 Å². The molecule has 1 aromatic carbocycles. The van der Waals surface area contributed by atoms with Crippen molar-refractivity contribution in [1.82, 2.24) is 14.5 Å². The standard InChI is InChI=1S/C17H21Cl2N3O4S/c18-13-2-1-3-14(19)16(13)27(25,26)20-7-6-15(23)21-8-10-22(11-9-21)17(24)12-4-5-12/h1-3,12,20H,4-11H2. The first kappa shape index (κ1) is 20.4. The summed E-state index contributed by atoms with van der Waals surface area (Å²) in [4.78, 5) is 27.6. The third-order valence-corrected chi connectivity index (χ3v) is 7.10. The predicted octanol–water partition coefficient (Wildman–Crippen LogP) is 1.74. The first-order valence-electron chi connectivity index (χ1n) is 8.80. The Bertz CT molecular complexity index is 814. The molecular formula is C17H21Cl2N3O4S. The van der Waals surface area contributed by atoms with Crippen LogP contribution in [0.25, 0.3) is 0 Å². The molecule has 3 rings (SSSR count). The van der Waals surface area contributed by atoms with E-state index in [9.17, 15) is 18.0 Å². The van der Waals surface area contributed by atoms with Crippen LogP contribution in [0.4, 0.5) is 0 Å². The molecule has 1 aliphatic heterocycles. The summed E-state index contributed by atoms with van der Waals surface area (Å²) in [6, 6.07) is 4.44. The van der Waals surface area contributed by atoms with Gasteiger partial charge in [0.1, 0.15) is 4.90 Å². The van der Waals surface area contributed by atoms with E-state index < -0.39 is 10.0 Å². The van der Waals surface area contributed by atoms with E-state index in [1.165, 1.54) is 12.1 Å². The maximum absolute atomic E-state index is 12.4. The third kappa shape index (κ3) is 4.93. The summed E-state index contributed by atoms with van der Waals surface area (Å²) >= 11 is 11.9. The van der Waals surface area contributed by atoms with E-state index in [2.05, 4.69) is 4.72 Å². The van der Waals surface area contributed by atoms with Crippen LogP contribution in [0.1, 0.15) is 19.3 Å². The maximum atomic E-state index is 12.4. The minimum Gasteiger partial charge on any atom is -0.339 e. The predicted molar refractivity (Wildman–Crippen MR) is 102 cm³/mol. The van der Waals surface area contributed by atoms with Gasteiger partial charge in [0.25, 0.3) is 0 Å². The van der Waals surface area contributed by atoms with Gasteiger partial charge in [0.05, 0.1) is 10.0 Å². The molecule has 2 aliphatic rings. The fraction of sp³-hybridized carbons (Fsp3) is 0.529. The molecule has 1 N–H and O–H groups in total. The van der Waals surface area contributed by atoms with Gasteiger partial charge in [0.15, 0.2) is 0 Å². The number of amides is 2. The van der Waals surface area contributed by atoms with Gasteiger partial charge < -0.3 is 9.80 Å². The van der Waals surface area contributed by atoms with E-state index in [-0.39, 0.29) is 45.6 Å². The highest BCUT2D eigenvalue weighted by Gasteiger charge is 2.35. The highest BCUT2D eigenvalue weighted by Crippen LogP contribution is 2.31. The molecule has 1 aliphatic carbocycles. The van der Waals surface area contributed by atoms with Crippen LogP contribution in [0.3, 0.4) is 0 Å². The molecule has 1 heterocycles. The Morgan fingerprint density at radius 2 is 1.59 bits per heavy atom. The zero-order chi connectivity index (χ0) is 19.6. The largest absolute Gasteiger partial charge is 0.339 e. The number of nitrogens with zero attached hydrogens (tertiary/aromatic N) is 2. The monoisotopic (exact) mass is 433 g/mol. The Balaban J connectivity index is 1.47. The molecule has 1 aromatic rings. The molecule has 148 valence electrons. The van der Waals surface area contributed by atoms with Gasteiger partial charge in [-0.25, -0.2) is 13.1 Å². The van der Waals surface area contributed by atoms with Crippen molar-refractivity contribution in [2.24, 2.45) is 5.92 Å². The smallest absolute Gasteiger partial charge is 0.243 e. The minimum absolute atomic E-state index is 0.0257. The second-order valence-corrected chi connectivity index (χ2v) is 9.20. The van der Waals surface area contributed by atoms with E-state index in [4.69, 9.17) is 23.2 Å². The lowest BCUT2D eigenvalue weighted by atomic mass is 10.2. The molecule has 0 aromatic heterocycles. The quantitative estimate of drug-likeness (QED) is 0.739. The van der Waals surface area contributed by atoms with E-state index >= 15 is 0 Å². The average molecular weight is 434 g/mol. The number of carbonyl (C=O) groups is 2. The van der Waals surface area contributed by atoms with E-state index in [1.807, 2.05) is 4.90 Å². The maximum Gasteiger partial charge on any atom is 0.243 e. The Morgan fingerprint density at radius 3 is 2.15 bits per heavy atom. The number of halogens is 2. The molecule has 27 heavy (non-hydrogen) atoms. The van der Waals surface area contributed by atoms with Crippen LogP contribution >= 0.6 is 23.2 Å². The topological polar surface area (TPSA) is 86.8 Å². The normalized spacial score (nSPS) is 17.9. The fourth-order valence-electron chi connectivity index (χ4n) is 3.03. The Labute approximate surface area is 168 Å². The number of hydrogen-bond donors (Lipinski definition) is 1. The lowest BCUT2D eigenvalue weighted by Crippen LogP contribution is -2.51. The molecule has 0 unspecified atom stereocenters. The molecule has 0 radical (unpaired) electrons. The zero-order valence-corrected chi connectivity index (χ0v) is 17.0. The second-order valence-electron chi connectivity index (χ2n) is 6.68. The first-order valence-corrected chi connectivity index (χ1v) is 11.0. The number of nitrogens with one attached hydrogen (secondary N) is 1. The number of hydrogen-bond acceptors (Lipinski definition) is 4. The molecule has 2 amide bonds. The molecule has 0 atom stereocenters. The number of carbonyl (C=O) groups excluding carboxylic acids is 2. The van der Waals surface area contributed by atoms with Crippen molar-refractivity contribution in [2.75, 3.05) is 32.7 Å². The van der Waals surface area contributed by atoms with E-state index in [0.29, 0.717) is 26.2 Å². The van der Waals surface area contributed by atoms with Crippen molar-refractivity contribution in [1.29, 1.82) is 0 Å². The van der Waals surface area contributed by atoms with Crippen molar-refractivity contribution in [2.45, 2.75) is 24.2 Å². The van der Waals surface area contributed by atoms with Gasteiger partial charge in [-0.1, -0.05) is 29.3 Å². The third-order valence-electron chi connectivity index (χ3n) is 4.69. The summed E-state index contributed by atoms with van der Waals surface area (Å²) in [6.07, 6.45) is 1.96. The van der Waals surface area contributed by atoms with Crippen LogP contribution in [-0.4, -0.2) is 62.8 Å². The van der Waals surface area contributed by atoms with Gasteiger partial charge in [-0.3, -0.25) is 9.59 Å². The minimum atomic E-state index is -3.91. The van der Waals surface area contributed by atoms with Gasteiger partial charge in [0.2, 0.25) is 21.8 Å². The van der Waals surface area contributed by atoms with Crippen LogP contribution in [-0.2, 0) is 19.6 Å². The average Bonchev–Trinajstić information content (AvgIpc) is 3.45. The van der Waals surface area contributed by atoms with Gasteiger partial charge in [-0.15, -0.1) is 0 Å². The lowest BCUT2D eigenvalue weighted by Gasteiger charge is -2.35. The second kappa shape index (κ2) is 8.34. The lowest BCUT2D eigenvalue weighted by molar-refractivity contribution is -0.140. The SMILES string of the molecule is O=C(CCNS(=O)(=O)c1c(Cl)cccc1Cl)N1CCN(C(=O)C2CC2)CC1. The summed E-state index contributed by atoms with van der Waals surface area (Å²) in [5, 5.41) is 0.0514. The van der Waals surface area contributed by atoms with Gasteiger partial charge >= 0.3 is 0 Å². The van der Waals surface area contributed by atoms with Crippen molar-refractivity contribution in [3.8, 4) is 0 Å². The van der Waals surface area contributed by atoms with Crippen molar-refractivity contribution in [3.63, 3.8) is 0 Å². The number of benzene rings is 1. The molecule has 1 saturated carbocycles. The zero-order valence-electron chi connectivity index (χ0n) is 14.7. The highest BCUT2D eigenvalue weighted by atomic mass is 35.5. The van der Waals surface area contributed by atoms with Crippen molar-refractivity contribution >= 4 is 45.0 Å². The molecule has 2 fully saturated rings. The Hall–Kier alpha value is -1.35. The fourth-order valence-corrected chi connectivity index (χ4v) is 5.20. The summed E-state index contributed by atoms with van der Waals surface area (Å²) in [7, 11) is -3.91. The summed E-state index contributed by atoms with van der Waals surface area (Å²) < 4.78 is 27.1. The van der Waals surface area contributed by atoms with Crippen molar-refractivity contribution in [3.05, 3.63) is 28.2 Å². The Morgan fingerprint density at radius 1 is 1.04 bits per heavy atom. The molecule has 10 heteroatoms. The number of rotatable bonds is 6. The van der Waals surface area contributed by atoms with Crippen LogP contribution in [0.5, 0.6) is 0 Å². The Kier molecular flexibility index (Phi) is 6.30. The summed E-state index contributed by atoms with van der Waals surface area (Å²) in [6.45, 7) is 1.95. The van der Waals surface area contributed by atoms with E-state index in [1.54, 1.807) is 11.0 Å². The molecular weight excluding hydrogens is 413 g/mol. The summed E-state index contributed by atoms with van der Waals surface area (Å²) in [5.41, 5.74) is 0. The number of sulfonamides is 1. The van der Waals surface area contributed by atoms with Crippen molar-refractivity contribution < 1.29 is 18.0 Å². The first-order chi connectivity index (χ1) is 12.8. The molecule has 0 spiro atoms. The van der Waals surface area contributed by atoms with Crippen LogP contribution < -0.4 is 4.72 Å². The molecule has 7 nitrogen and oxygen atoms in total. The summed E-state index contributed by atoms with van der Waals surface area (Å²) in [5.74, 6) is 0.214. The van der Waals surface area contributed by atoms with Crippen LogP contribution in [0.15, 0.2) is 23.1 Å². The molecule has 0 bridgehead atoms. The van der Waals surface area contributed by atoms with Gasteiger partial charge in [-0.2, -0.15) is 0 Å². The van der Waals surface area contributed by atoms with E-state index in [0.717, 1.165) is 12.8 Å². The molecule has 1 saturated heterocycles. The van der Waals surface area contributed by atoms with Crippen LogP contribution in [0.2, 0.25) is 10.0 Å². The number of piperazine rings is 1. The van der Waals surface area contributed by atoms with Gasteiger partial charge in [-0.05, 0) is 25.0 Å².